The number of hydrogen-bond acceptors (Lipinski definition) is 2. The normalized spacial score (nSPS) is 25.0. The van der Waals surface area contributed by atoms with Crippen molar-refractivity contribution in [3.05, 3.63) is 33.8 Å². The third-order valence-electron chi connectivity index (χ3n) is 4.18. The topological polar surface area (TPSA) is 41.1 Å². The zero-order valence-corrected chi connectivity index (χ0v) is 13.9. The first kappa shape index (κ1) is 16.9. The molecule has 1 aromatic rings. The Morgan fingerprint density at radius 2 is 1.90 bits per heavy atom. The number of amides is 1. The monoisotopic (exact) mass is 348 g/mol. The Bertz CT molecular complexity index is 518. The van der Waals surface area contributed by atoms with Gasteiger partial charge in [0.1, 0.15) is 0 Å². The van der Waals surface area contributed by atoms with E-state index in [1.165, 1.54) is 0 Å². The van der Waals surface area contributed by atoms with Crippen LogP contribution < -0.4 is 10.6 Å². The molecule has 116 valence electrons. The van der Waals surface area contributed by atoms with Gasteiger partial charge in [-0.15, -0.1) is 12.4 Å². The first-order valence-corrected chi connectivity index (χ1v) is 7.87. The van der Waals surface area contributed by atoms with E-state index in [0.717, 1.165) is 37.9 Å². The van der Waals surface area contributed by atoms with E-state index in [0.29, 0.717) is 22.0 Å². The van der Waals surface area contributed by atoms with Crippen molar-refractivity contribution in [2.24, 2.45) is 5.92 Å². The van der Waals surface area contributed by atoms with E-state index in [4.69, 9.17) is 23.2 Å². The minimum atomic E-state index is 0. The Morgan fingerprint density at radius 1 is 1.19 bits per heavy atom. The molecule has 2 atom stereocenters. The molecule has 3 rings (SSSR count). The SMILES string of the molecule is Cl.O=C(NC1CCNCC1)C1CC1c1ccc(Cl)c(Cl)c1. The summed E-state index contributed by atoms with van der Waals surface area (Å²) in [4.78, 5) is 12.2. The second-order valence-electron chi connectivity index (χ2n) is 5.66. The van der Waals surface area contributed by atoms with Gasteiger partial charge >= 0.3 is 0 Å². The van der Waals surface area contributed by atoms with Crippen molar-refractivity contribution in [3.63, 3.8) is 0 Å². The van der Waals surface area contributed by atoms with E-state index in [1.54, 1.807) is 6.07 Å². The molecule has 0 spiro atoms. The smallest absolute Gasteiger partial charge is 0.223 e. The highest BCUT2D eigenvalue weighted by molar-refractivity contribution is 6.42. The van der Waals surface area contributed by atoms with Crippen LogP contribution in [0.3, 0.4) is 0 Å². The summed E-state index contributed by atoms with van der Waals surface area (Å²) in [6.07, 6.45) is 2.96. The summed E-state index contributed by atoms with van der Waals surface area (Å²) in [6.45, 7) is 1.98. The Morgan fingerprint density at radius 3 is 2.57 bits per heavy atom. The summed E-state index contributed by atoms with van der Waals surface area (Å²) < 4.78 is 0. The Labute approximate surface area is 141 Å². The van der Waals surface area contributed by atoms with Crippen molar-refractivity contribution in [2.45, 2.75) is 31.2 Å². The third kappa shape index (κ3) is 4.04. The molecule has 1 heterocycles. The van der Waals surface area contributed by atoms with Gasteiger partial charge in [0.2, 0.25) is 5.91 Å². The van der Waals surface area contributed by atoms with Crippen molar-refractivity contribution >= 4 is 41.5 Å². The Hall–Kier alpha value is -0.480. The number of carbonyl (C=O) groups is 1. The molecule has 1 saturated heterocycles. The fourth-order valence-electron chi connectivity index (χ4n) is 2.87. The standard InChI is InChI=1S/C15H18Cl2N2O.ClH/c16-13-2-1-9(7-14(13)17)11-8-12(11)15(20)19-10-3-5-18-6-4-10;/h1-2,7,10-12,18H,3-6,8H2,(H,19,20);1H. The first-order chi connectivity index (χ1) is 9.65. The van der Waals surface area contributed by atoms with Gasteiger partial charge in [0.05, 0.1) is 10.0 Å². The lowest BCUT2D eigenvalue weighted by Gasteiger charge is -2.23. The Kier molecular flexibility index (Phi) is 5.78. The molecular formula is C15H19Cl3N2O. The lowest BCUT2D eigenvalue weighted by atomic mass is 10.1. The average molecular weight is 350 g/mol. The maximum Gasteiger partial charge on any atom is 0.223 e. The van der Waals surface area contributed by atoms with Crippen LogP contribution >= 0.6 is 35.6 Å². The molecule has 0 bridgehead atoms. The zero-order chi connectivity index (χ0) is 14.1. The van der Waals surface area contributed by atoms with Crippen LogP contribution in [0, 0.1) is 5.92 Å². The largest absolute Gasteiger partial charge is 0.353 e. The van der Waals surface area contributed by atoms with Crippen molar-refractivity contribution in [2.75, 3.05) is 13.1 Å². The van der Waals surface area contributed by atoms with E-state index in [2.05, 4.69) is 10.6 Å². The van der Waals surface area contributed by atoms with Crippen LogP contribution in [0.25, 0.3) is 0 Å². The highest BCUT2D eigenvalue weighted by Crippen LogP contribution is 2.48. The molecule has 1 saturated carbocycles. The molecule has 2 unspecified atom stereocenters. The highest BCUT2D eigenvalue weighted by atomic mass is 35.5. The summed E-state index contributed by atoms with van der Waals surface area (Å²) in [5.41, 5.74) is 1.12. The lowest BCUT2D eigenvalue weighted by Crippen LogP contribution is -2.43. The fourth-order valence-corrected chi connectivity index (χ4v) is 3.18. The fraction of sp³-hybridized carbons (Fsp3) is 0.533. The predicted octanol–water partition coefficient (Wildman–Crippen LogP) is 3.39. The van der Waals surface area contributed by atoms with E-state index in [1.807, 2.05) is 12.1 Å². The summed E-state index contributed by atoms with van der Waals surface area (Å²) in [5.74, 6) is 0.585. The molecule has 2 aliphatic rings. The number of nitrogens with one attached hydrogen (secondary N) is 2. The van der Waals surface area contributed by atoms with E-state index >= 15 is 0 Å². The van der Waals surface area contributed by atoms with Crippen LogP contribution in [0.2, 0.25) is 10.0 Å². The van der Waals surface area contributed by atoms with Crippen LogP contribution in [0.5, 0.6) is 0 Å². The van der Waals surface area contributed by atoms with Crippen molar-refractivity contribution in [1.82, 2.24) is 10.6 Å². The van der Waals surface area contributed by atoms with Crippen molar-refractivity contribution in [1.29, 1.82) is 0 Å². The van der Waals surface area contributed by atoms with Gasteiger partial charge in [-0.2, -0.15) is 0 Å². The highest BCUT2D eigenvalue weighted by Gasteiger charge is 2.44. The minimum Gasteiger partial charge on any atom is -0.353 e. The summed E-state index contributed by atoms with van der Waals surface area (Å²) >= 11 is 11.9. The minimum absolute atomic E-state index is 0. The second-order valence-corrected chi connectivity index (χ2v) is 6.47. The average Bonchev–Trinajstić information content (AvgIpc) is 3.23. The van der Waals surface area contributed by atoms with Gasteiger partial charge in [0.15, 0.2) is 0 Å². The number of piperidine rings is 1. The molecule has 1 amide bonds. The summed E-state index contributed by atoms with van der Waals surface area (Å²) in [5, 5.41) is 7.59. The number of rotatable bonds is 3. The van der Waals surface area contributed by atoms with Gasteiger partial charge in [0, 0.05) is 12.0 Å². The first-order valence-electron chi connectivity index (χ1n) is 7.11. The third-order valence-corrected chi connectivity index (χ3v) is 4.92. The molecule has 0 radical (unpaired) electrons. The molecule has 2 N–H and O–H groups in total. The lowest BCUT2D eigenvalue weighted by molar-refractivity contribution is -0.123. The quantitative estimate of drug-likeness (QED) is 0.878. The Balaban J connectivity index is 0.00000161. The van der Waals surface area contributed by atoms with Gasteiger partial charge in [-0.3, -0.25) is 4.79 Å². The van der Waals surface area contributed by atoms with Gasteiger partial charge < -0.3 is 10.6 Å². The molecule has 3 nitrogen and oxygen atoms in total. The van der Waals surface area contributed by atoms with Gasteiger partial charge in [-0.25, -0.2) is 0 Å². The maximum atomic E-state index is 12.2. The van der Waals surface area contributed by atoms with Crippen LogP contribution in [-0.2, 0) is 4.79 Å². The number of carbonyl (C=O) groups excluding carboxylic acids is 1. The van der Waals surface area contributed by atoms with Crippen LogP contribution in [-0.4, -0.2) is 25.0 Å². The number of halogens is 3. The molecule has 1 aromatic carbocycles. The predicted molar refractivity (Wildman–Crippen MR) is 88.6 cm³/mol. The molecule has 1 aliphatic carbocycles. The van der Waals surface area contributed by atoms with Crippen LogP contribution in [0.1, 0.15) is 30.7 Å². The molecule has 2 fully saturated rings. The number of benzene rings is 1. The zero-order valence-electron chi connectivity index (χ0n) is 11.6. The molecular weight excluding hydrogens is 331 g/mol. The molecule has 1 aliphatic heterocycles. The summed E-state index contributed by atoms with van der Waals surface area (Å²) in [7, 11) is 0. The molecule has 21 heavy (non-hydrogen) atoms. The summed E-state index contributed by atoms with van der Waals surface area (Å²) in [6, 6.07) is 5.99. The van der Waals surface area contributed by atoms with E-state index in [9.17, 15) is 4.79 Å². The molecule has 0 aromatic heterocycles. The van der Waals surface area contributed by atoms with Crippen molar-refractivity contribution < 1.29 is 4.79 Å². The van der Waals surface area contributed by atoms with Gasteiger partial charge in [-0.05, 0) is 56.0 Å². The van der Waals surface area contributed by atoms with Gasteiger partial charge in [-0.1, -0.05) is 29.3 Å². The molecule has 6 heteroatoms. The van der Waals surface area contributed by atoms with Crippen LogP contribution in [0.15, 0.2) is 18.2 Å². The number of hydrogen-bond donors (Lipinski definition) is 2. The van der Waals surface area contributed by atoms with Gasteiger partial charge in [0.25, 0.3) is 0 Å². The van der Waals surface area contributed by atoms with E-state index in [-0.39, 0.29) is 24.2 Å². The second kappa shape index (κ2) is 7.19. The maximum absolute atomic E-state index is 12.2. The van der Waals surface area contributed by atoms with E-state index < -0.39 is 0 Å². The van der Waals surface area contributed by atoms with Crippen molar-refractivity contribution in [3.8, 4) is 0 Å². The van der Waals surface area contributed by atoms with Crippen LogP contribution in [0.4, 0.5) is 0 Å².